The summed E-state index contributed by atoms with van der Waals surface area (Å²) in [5, 5.41) is 0.883. The zero-order valence-corrected chi connectivity index (χ0v) is 12.4. The van der Waals surface area contributed by atoms with Gasteiger partial charge in [0.25, 0.3) is 0 Å². The number of carbonyl (C=O) groups is 1. The summed E-state index contributed by atoms with van der Waals surface area (Å²) in [5.74, 6) is -0.681. The maximum atomic E-state index is 11.7. The smallest absolute Gasteiger partial charge is 0.355 e. The molecule has 0 spiro atoms. The minimum Gasteiger partial charge on any atom is -0.464 e. The Kier molecular flexibility index (Phi) is 4.38. The van der Waals surface area contributed by atoms with Crippen LogP contribution in [0, 0.1) is 0 Å². The van der Waals surface area contributed by atoms with Crippen molar-refractivity contribution in [1.29, 1.82) is 0 Å². The van der Waals surface area contributed by atoms with Gasteiger partial charge in [-0.1, -0.05) is 34.8 Å². The van der Waals surface area contributed by atoms with E-state index in [-0.39, 0.29) is 10.7 Å². The van der Waals surface area contributed by atoms with E-state index in [1.165, 1.54) is 31.4 Å². The molecule has 0 atom stereocenters. The Labute approximate surface area is 129 Å². The summed E-state index contributed by atoms with van der Waals surface area (Å²) in [5.41, 5.74) is 0.448. The van der Waals surface area contributed by atoms with Gasteiger partial charge in [-0.2, -0.15) is 0 Å². The van der Waals surface area contributed by atoms with Crippen LogP contribution in [0.5, 0.6) is 0 Å². The number of H-pyrrole nitrogens is 1. The van der Waals surface area contributed by atoms with Crippen molar-refractivity contribution >= 4 is 40.8 Å². The van der Waals surface area contributed by atoms with Crippen LogP contribution in [0.4, 0.5) is 0 Å². The lowest BCUT2D eigenvalue weighted by atomic mass is 10.0. The second-order valence-corrected chi connectivity index (χ2v) is 5.07. The lowest BCUT2D eigenvalue weighted by Crippen LogP contribution is -2.14. The minimum atomic E-state index is -0.681. The van der Waals surface area contributed by atoms with Crippen LogP contribution in [-0.2, 0) is 4.74 Å². The van der Waals surface area contributed by atoms with E-state index in [4.69, 9.17) is 34.8 Å². The maximum absolute atomic E-state index is 11.7. The highest BCUT2D eigenvalue weighted by atomic mass is 35.5. The molecule has 0 saturated heterocycles. The Bertz CT molecular complexity index is 740. The third-order valence-corrected chi connectivity index (χ3v) is 3.64. The molecule has 1 aromatic carbocycles. The maximum Gasteiger partial charge on any atom is 0.355 e. The van der Waals surface area contributed by atoms with Crippen LogP contribution < -0.4 is 5.56 Å². The van der Waals surface area contributed by atoms with E-state index in [0.717, 1.165) is 0 Å². The zero-order valence-electron chi connectivity index (χ0n) is 10.2. The van der Waals surface area contributed by atoms with Crippen molar-refractivity contribution in [3.05, 3.63) is 55.4 Å². The van der Waals surface area contributed by atoms with Gasteiger partial charge in [0.15, 0.2) is 0 Å². The molecule has 104 valence electrons. The molecule has 1 aromatic heterocycles. The van der Waals surface area contributed by atoms with E-state index in [9.17, 15) is 9.59 Å². The topological polar surface area (TPSA) is 59.2 Å². The number of esters is 1. The van der Waals surface area contributed by atoms with Crippen LogP contribution in [0.2, 0.25) is 15.1 Å². The number of carbonyl (C=O) groups excluding carboxylic acids is 1. The first-order valence-corrected chi connectivity index (χ1v) is 6.54. The number of pyridine rings is 1. The van der Waals surface area contributed by atoms with E-state index in [1.807, 2.05) is 0 Å². The third-order valence-electron chi connectivity index (χ3n) is 2.61. The van der Waals surface area contributed by atoms with Crippen molar-refractivity contribution in [2.75, 3.05) is 7.11 Å². The Morgan fingerprint density at radius 3 is 2.35 bits per heavy atom. The number of rotatable bonds is 2. The van der Waals surface area contributed by atoms with Crippen molar-refractivity contribution in [1.82, 2.24) is 4.98 Å². The zero-order chi connectivity index (χ0) is 14.9. The molecule has 1 heterocycles. The molecule has 2 rings (SSSR count). The average Bonchev–Trinajstić information content (AvgIpc) is 2.42. The summed E-state index contributed by atoms with van der Waals surface area (Å²) in [6, 6.07) is 5.73. The molecule has 0 unspecified atom stereocenters. The first-order valence-electron chi connectivity index (χ1n) is 5.40. The molecule has 0 aliphatic heterocycles. The molecular weight excluding hydrogens is 325 g/mol. The predicted octanol–water partition coefficient (Wildman–Crippen LogP) is 3.79. The van der Waals surface area contributed by atoms with Crippen molar-refractivity contribution in [2.24, 2.45) is 0 Å². The molecular formula is C13H8Cl3NO3. The fourth-order valence-corrected chi connectivity index (χ4v) is 2.34. The molecule has 0 bridgehead atoms. The van der Waals surface area contributed by atoms with Gasteiger partial charge < -0.3 is 9.72 Å². The van der Waals surface area contributed by atoms with E-state index >= 15 is 0 Å². The van der Waals surface area contributed by atoms with E-state index in [1.54, 1.807) is 0 Å². The van der Waals surface area contributed by atoms with Crippen molar-refractivity contribution in [3.63, 3.8) is 0 Å². The first kappa shape index (κ1) is 14.9. The highest BCUT2D eigenvalue weighted by Gasteiger charge is 2.17. The van der Waals surface area contributed by atoms with Crippen molar-refractivity contribution < 1.29 is 9.53 Å². The summed E-state index contributed by atoms with van der Waals surface area (Å²) >= 11 is 17.9. The third kappa shape index (κ3) is 2.82. The lowest BCUT2D eigenvalue weighted by Gasteiger charge is -2.10. The van der Waals surface area contributed by atoms with E-state index in [0.29, 0.717) is 21.2 Å². The number of benzene rings is 1. The van der Waals surface area contributed by atoms with Crippen LogP contribution in [0.1, 0.15) is 10.5 Å². The van der Waals surface area contributed by atoms with Crippen LogP contribution in [0.25, 0.3) is 11.1 Å². The first-order chi connectivity index (χ1) is 9.43. The largest absolute Gasteiger partial charge is 0.464 e. The normalized spacial score (nSPS) is 10.4. The molecule has 0 aliphatic rings. The highest BCUT2D eigenvalue weighted by Crippen LogP contribution is 2.36. The SMILES string of the molecule is COC(=O)c1[nH]c(=O)ccc1-c1cc(Cl)c(Cl)cc1Cl. The van der Waals surface area contributed by atoms with Gasteiger partial charge in [-0.05, 0) is 18.2 Å². The molecule has 0 saturated carbocycles. The van der Waals surface area contributed by atoms with Gasteiger partial charge >= 0.3 is 5.97 Å². The van der Waals surface area contributed by atoms with Crippen LogP contribution >= 0.6 is 34.8 Å². The van der Waals surface area contributed by atoms with Crippen LogP contribution in [0.15, 0.2) is 29.1 Å². The molecule has 0 aliphatic carbocycles. The summed E-state index contributed by atoms with van der Waals surface area (Å²) in [6.45, 7) is 0. The fraction of sp³-hybridized carbons (Fsp3) is 0.0769. The summed E-state index contributed by atoms with van der Waals surface area (Å²) in [6.07, 6.45) is 0. The van der Waals surface area contributed by atoms with E-state index in [2.05, 4.69) is 9.72 Å². The fourth-order valence-electron chi connectivity index (χ4n) is 1.69. The minimum absolute atomic E-state index is 0.000268. The molecule has 20 heavy (non-hydrogen) atoms. The number of ether oxygens (including phenoxy) is 1. The number of aromatic nitrogens is 1. The highest BCUT2D eigenvalue weighted by molar-refractivity contribution is 6.44. The van der Waals surface area contributed by atoms with Gasteiger partial charge in [0, 0.05) is 17.2 Å². The summed E-state index contributed by atoms with van der Waals surface area (Å²) in [4.78, 5) is 25.5. The number of halogens is 3. The van der Waals surface area contributed by atoms with Gasteiger partial charge in [-0.25, -0.2) is 4.79 Å². The Morgan fingerprint density at radius 1 is 1.05 bits per heavy atom. The van der Waals surface area contributed by atoms with E-state index < -0.39 is 11.5 Å². The van der Waals surface area contributed by atoms with Gasteiger partial charge in [0.2, 0.25) is 5.56 Å². The van der Waals surface area contributed by atoms with Crippen molar-refractivity contribution in [3.8, 4) is 11.1 Å². The second-order valence-electron chi connectivity index (χ2n) is 3.85. The molecule has 0 fully saturated rings. The molecule has 7 heteroatoms. The Balaban J connectivity index is 2.73. The predicted molar refractivity (Wildman–Crippen MR) is 78.9 cm³/mol. The van der Waals surface area contributed by atoms with Crippen LogP contribution in [-0.4, -0.2) is 18.1 Å². The molecule has 2 aromatic rings. The molecule has 4 nitrogen and oxygen atoms in total. The summed E-state index contributed by atoms with van der Waals surface area (Å²) < 4.78 is 4.64. The number of aromatic amines is 1. The Morgan fingerprint density at radius 2 is 1.70 bits per heavy atom. The second kappa shape index (κ2) is 5.87. The monoisotopic (exact) mass is 331 g/mol. The standard InChI is InChI=1S/C13H8Cl3NO3/c1-20-13(19)12-6(2-3-11(18)17-12)7-4-9(15)10(16)5-8(7)14/h2-5H,1H3,(H,17,18). The lowest BCUT2D eigenvalue weighted by molar-refractivity contribution is 0.0594. The van der Waals surface area contributed by atoms with Gasteiger partial charge in [0.1, 0.15) is 5.69 Å². The molecule has 1 N–H and O–H groups in total. The summed E-state index contributed by atoms with van der Waals surface area (Å²) in [7, 11) is 1.22. The van der Waals surface area contributed by atoms with Gasteiger partial charge in [-0.15, -0.1) is 0 Å². The van der Waals surface area contributed by atoms with Crippen molar-refractivity contribution in [2.45, 2.75) is 0 Å². The number of hydrogen-bond acceptors (Lipinski definition) is 3. The number of hydrogen-bond donors (Lipinski definition) is 1. The number of nitrogens with one attached hydrogen (secondary N) is 1. The van der Waals surface area contributed by atoms with Gasteiger partial charge in [0.05, 0.1) is 22.2 Å². The quantitative estimate of drug-likeness (QED) is 0.672. The van der Waals surface area contributed by atoms with Crippen LogP contribution in [0.3, 0.4) is 0 Å². The average molecular weight is 333 g/mol. The molecule has 0 amide bonds. The Hall–Kier alpha value is -1.49. The van der Waals surface area contributed by atoms with Gasteiger partial charge in [-0.3, -0.25) is 4.79 Å². The number of methoxy groups -OCH3 is 1. The molecule has 0 radical (unpaired) electrons.